The molecule has 0 bridgehead atoms. The molecule has 3 nitrogen and oxygen atoms in total. The number of aliphatic imine (C=N–C) groups is 2. The van der Waals surface area contributed by atoms with Crippen LogP contribution in [-0.2, 0) is 0 Å². The van der Waals surface area contributed by atoms with Gasteiger partial charge in [0.15, 0.2) is 6.17 Å². The van der Waals surface area contributed by atoms with Crippen molar-refractivity contribution in [3.05, 3.63) is 71.8 Å². The monoisotopic (exact) mass is 283 g/mol. The molecule has 0 amide bonds. The average molecular weight is 284 g/mol. The third-order valence-electron chi connectivity index (χ3n) is 3.26. The van der Waals surface area contributed by atoms with Crippen molar-refractivity contribution in [1.82, 2.24) is 4.90 Å². The van der Waals surface area contributed by atoms with Gasteiger partial charge in [0.1, 0.15) is 5.84 Å². The first-order valence-electron chi connectivity index (χ1n) is 6.41. The maximum atomic E-state index is 6.11. The normalized spacial score (nSPS) is 18.5. The summed E-state index contributed by atoms with van der Waals surface area (Å²) < 4.78 is 0. The minimum atomic E-state index is -0.142. The zero-order chi connectivity index (χ0) is 13.9. The van der Waals surface area contributed by atoms with Crippen molar-refractivity contribution in [3.8, 4) is 0 Å². The predicted octanol–water partition coefficient (Wildman–Crippen LogP) is 3.67. The maximum absolute atomic E-state index is 6.11. The zero-order valence-electron chi connectivity index (χ0n) is 11.1. The maximum Gasteiger partial charge on any atom is 0.222 e. The van der Waals surface area contributed by atoms with E-state index in [0.717, 1.165) is 17.0 Å². The van der Waals surface area contributed by atoms with Crippen molar-refractivity contribution in [2.24, 2.45) is 9.98 Å². The number of hydrogen-bond acceptors (Lipinski definition) is 3. The molecule has 4 heteroatoms. The second kappa shape index (κ2) is 5.47. The lowest BCUT2D eigenvalue weighted by Crippen LogP contribution is -2.34. The van der Waals surface area contributed by atoms with E-state index in [-0.39, 0.29) is 11.5 Å². The van der Waals surface area contributed by atoms with Crippen LogP contribution in [0.15, 0.2) is 70.6 Å². The molecule has 0 radical (unpaired) electrons. The summed E-state index contributed by atoms with van der Waals surface area (Å²) in [5.74, 6) is 0.833. The first-order chi connectivity index (χ1) is 9.75. The number of halogens is 1. The van der Waals surface area contributed by atoms with Gasteiger partial charge in [0.25, 0.3) is 0 Å². The van der Waals surface area contributed by atoms with Crippen LogP contribution < -0.4 is 0 Å². The Morgan fingerprint density at radius 1 is 0.950 bits per heavy atom. The van der Waals surface area contributed by atoms with Crippen LogP contribution in [0.4, 0.5) is 0 Å². The average Bonchev–Trinajstić information content (AvgIpc) is 2.51. The highest BCUT2D eigenvalue weighted by Gasteiger charge is 2.24. The van der Waals surface area contributed by atoms with Crippen LogP contribution in [0.25, 0.3) is 0 Å². The first-order valence-corrected chi connectivity index (χ1v) is 6.79. The van der Waals surface area contributed by atoms with Crippen LogP contribution in [-0.4, -0.2) is 23.1 Å². The van der Waals surface area contributed by atoms with E-state index < -0.39 is 0 Å². The second-order valence-corrected chi connectivity index (χ2v) is 4.93. The van der Waals surface area contributed by atoms with E-state index in [4.69, 9.17) is 11.6 Å². The van der Waals surface area contributed by atoms with E-state index in [1.807, 2.05) is 72.6 Å². The van der Waals surface area contributed by atoms with Crippen molar-refractivity contribution >= 4 is 22.7 Å². The summed E-state index contributed by atoms with van der Waals surface area (Å²) in [6.45, 7) is 0. The number of hydrogen-bond donors (Lipinski definition) is 0. The van der Waals surface area contributed by atoms with Gasteiger partial charge >= 0.3 is 0 Å². The Morgan fingerprint density at radius 3 is 2.20 bits per heavy atom. The largest absolute Gasteiger partial charge is 0.333 e. The lowest BCUT2D eigenvalue weighted by atomic mass is 10.1. The Labute approximate surface area is 123 Å². The topological polar surface area (TPSA) is 28.0 Å². The molecular formula is C16H14ClN3. The lowest BCUT2D eigenvalue weighted by Gasteiger charge is -2.31. The molecule has 0 aromatic heterocycles. The van der Waals surface area contributed by atoms with Gasteiger partial charge in [-0.3, -0.25) is 0 Å². The number of amidine groups is 2. The van der Waals surface area contributed by atoms with E-state index in [0.29, 0.717) is 0 Å². The van der Waals surface area contributed by atoms with Crippen LogP contribution in [0.3, 0.4) is 0 Å². The molecule has 1 atom stereocenters. The van der Waals surface area contributed by atoms with Crippen molar-refractivity contribution < 1.29 is 0 Å². The minimum absolute atomic E-state index is 0.142. The molecule has 3 rings (SSSR count). The van der Waals surface area contributed by atoms with Gasteiger partial charge in [-0.2, -0.15) is 0 Å². The molecule has 1 heterocycles. The molecule has 2 aromatic carbocycles. The molecule has 0 N–H and O–H groups in total. The summed E-state index contributed by atoms with van der Waals surface area (Å²) in [5.41, 5.74) is 2.13. The Hall–Kier alpha value is -2.13. The SMILES string of the molecule is CN1C(c2ccccc2)=NC(Cl)=NC1c1ccccc1. The summed E-state index contributed by atoms with van der Waals surface area (Å²) >= 11 is 6.11. The fourth-order valence-corrected chi connectivity index (χ4v) is 2.45. The first kappa shape index (κ1) is 12.9. The molecule has 0 aliphatic carbocycles. The van der Waals surface area contributed by atoms with E-state index in [1.54, 1.807) is 0 Å². The third-order valence-corrected chi connectivity index (χ3v) is 3.44. The van der Waals surface area contributed by atoms with Crippen molar-refractivity contribution in [2.45, 2.75) is 6.17 Å². The van der Waals surface area contributed by atoms with Gasteiger partial charge in [-0.1, -0.05) is 60.7 Å². The van der Waals surface area contributed by atoms with Gasteiger partial charge in [-0.15, -0.1) is 0 Å². The lowest BCUT2D eigenvalue weighted by molar-refractivity contribution is 0.383. The van der Waals surface area contributed by atoms with Crippen LogP contribution in [0, 0.1) is 0 Å². The van der Waals surface area contributed by atoms with Gasteiger partial charge in [0.2, 0.25) is 5.29 Å². The van der Waals surface area contributed by atoms with E-state index >= 15 is 0 Å². The van der Waals surface area contributed by atoms with Crippen molar-refractivity contribution in [1.29, 1.82) is 0 Å². The zero-order valence-corrected chi connectivity index (χ0v) is 11.8. The number of nitrogens with zero attached hydrogens (tertiary/aromatic N) is 3. The number of benzene rings is 2. The molecule has 0 saturated heterocycles. The van der Waals surface area contributed by atoms with Gasteiger partial charge in [-0.25, -0.2) is 9.98 Å². The quantitative estimate of drug-likeness (QED) is 0.773. The second-order valence-electron chi connectivity index (χ2n) is 4.59. The van der Waals surface area contributed by atoms with Crippen LogP contribution in [0.5, 0.6) is 0 Å². The summed E-state index contributed by atoms with van der Waals surface area (Å²) in [6.07, 6.45) is -0.142. The molecule has 20 heavy (non-hydrogen) atoms. The summed E-state index contributed by atoms with van der Waals surface area (Å²) in [5, 5.41) is 0.288. The molecule has 0 spiro atoms. The molecule has 1 aliphatic heterocycles. The minimum Gasteiger partial charge on any atom is -0.333 e. The Morgan fingerprint density at radius 2 is 1.55 bits per heavy atom. The molecule has 2 aromatic rings. The molecule has 100 valence electrons. The van der Waals surface area contributed by atoms with E-state index in [1.165, 1.54) is 0 Å². The smallest absolute Gasteiger partial charge is 0.222 e. The molecule has 1 unspecified atom stereocenters. The fourth-order valence-electron chi connectivity index (χ4n) is 2.28. The van der Waals surface area contributed by atoms with Crippen LogP contribution >= 0.6 is 11.6 Å². The van der Waals surface area contributed by atoms with Crippen LogP contribution in [0.2, 0.25) is 0 Å². The fraction of sp³-hybridized carbons (Fsp3) is 0.125. The van der Waals surface area contributed by atoms with Crippen molar-refractivity contribution in [3.63, 3.8) is 0 Å². The highest BCUT2D eigenvalue weighted by molar-refractivity contribution is 6.66. The van der Waals surface area contributed by atoms with E-state index in [2.05, 4.69) is 9.98 Å². The van der Waals surface area contributed by atoms with Gasteiger partial charge < -0.3 is 4.90 Å². The Balaban J connectivity index is 2.01. The third kappa shape index (κ3) is 2.45. The highest BCUT2D eigenvalue weighted by atomic mass is 35.5. The van der Waals surface area contributed by atoms with Gasteiger partial charge in [0, 0.05) is 12.6 Å². The van der Waals surface area contributed by atoms with Crippen molar-refractivity contribution in [2.75, 3.05) is 7.05 Å². The Bertz CT molecular complexity index is 650. The number of rotatable bonds is 2. The van der Waals surface area contributed by atoms with Crippen LogP contribution in [0.1, 0.15) is 17.3 Å². The summed E-state index contributed by atoms with van der Waals surface area (Å²) in [6, 6.07) is 20.1. The van der Waals surface area contributed by atoms with E-state index in [9.17, 15) is 0 Å². The summed E-state index contributed by atoms with van der Waals surface area (Å²) in [7, 11) is 1.98. The predicted molar refractivity (Wildman–Crippen MR) is 83.2 cm³/mol. The Kier molecular flexibility index (Phi) is 3.52. The molecule has 0 saturated carbocycles. The highest BCUT2D eigenvalue weighted by Crippen LogP contribution is 2.27. The summed E-state index contributed by atoms with van der Waals surface area (Å²) in [4.78, 5) is 10.8. The van der Waals surface area contributed by atoms with Gasteiger partial charge in [0.05, 0.1) is 0 Å². The standard InChI is InChI=1S/C16H14ClN3/c1-20-14(12-8-4-2-5-9-12)18-16(17)19-15(20)13-10-6-3-7-11-13/h2-11,14H,1H3. The molecule has 0 fully saturated rings. The molecule has 1 aliphatic rings. The molecular weight excluding hydrogens is 270 g/mol. The van der Waals surface area contributed by atoms with Gasteiger partial charge in [-0.05, 0) is 17.2 Å².